The maximum Gasteiger partial charge on any atom is 0.336 e. The summed E-state index contributed by atoms with van der Waals surface area (Å²) < 4.78 is 0. The van der Waals surface area contributed by atoms with Gasteiger partial charge in [0.05, 0.1) is 16.4 Å². The van der Waals surface area contributed by atoms with Gasteiger partial charge in [-0.3, -0.25) is 4.79 Å². The highest BCUT2D eigenvalue weighted by molar-refractivity contribution is 7.78. The van der Waals surface area contributed by atoms with Crippen LogP contribution in [0.25, 0.3) is 5.57 Å². The zero-order valence-corrected chi connectivity index (χ0v) is 15.3. The van der Waals surface area contributed by atoms with Gasteiger partial charge in [-0.2, -0.15) is 4.99 Å². The van der Waals surface area contributed by atoms with Crippen LogP contribution in [-0.2, 0) is 11.2 Å². The highest BCUT2D eigenvalue weighted by Gasteiger charge is 2.27. The van der Waals surface area contributed by atoms with E-state index < -0.39 is 5.97 Å². The molecule has 0 heterocycles. The molecule has 0 spiro atoms. The number of isothiocyanates is 1. The largest absolute Gasteiger partial charge is 0.508 e. The molecule has 0 saturated heterocycles. The van der Waals surface area contributed by atoms with Gasteiger partial charge in [0.15, 0.2) is 5.78 Å². The maximum atomic E-state index is 12.0. The van der Waals surface area contributed by atoms with Gasteiger partial charge < -0.3 is 10.2 Å². The molecule has 0 radical (unpaired) electrons. The number of carboxylic acids is 1. The summed E-state index contributed by atoms with van der Waals surface area (Å²) in [5, 5.41) is 21.9. The predicted octanol–water partition coefficient (Wildman–Crippen LogP) is 4.25. The van der Waals surface area contributed by atoms with Gasteiger partial charge in [0.1, 0.15) is 5.75 Å². The van der Waals surface area contributed by atoms with E-state index in [2.05, 4.69) is 22.4 Å². The fraction of sp³-hybridized carbons (Fsp3) is 0.0455. The Kier molecular flexibility index (Phi) is 4.35. The van der Waals surface area contributed by atoms with Gasteiger partial charge in [-0.15, -0.1) is 0 Å². The lowest BCUT2D eigenvalue weighted by molar-refractivity contribution is -0.110. The molecular weight excluding hydrogens is 374 g/mol. The van der Waals surface area contributed by atoms with Crippen LogP contribution >= 0.6 is 12.2 Å². The van der Waals surface area contributed by atoms with E-state index in [4.69, 9.17) is 0 Å². The molecule has 2 N–H and O–H groups in total. The summed E-state index contributed by atoms with van der Waals surface area (Å²) in [5.41, 5.74) is 4.90. The number of nitrogens with zero attached hydrogens (tertiary/aromatic N) is 1. The zero-order chi connectivity index (χ0) is 19.8. The summed E-state index contributed by atoms with van der Waals surface area (Å²) in [6, 6.07) is 9.77. The van der Waals surface area contributed by atoms with Gasteiger partial charge in [-0.25, -0.2) is 4.79 Å². The zero-order valence-electron chi connectivity index (χ0n) is 14.5. The van der Waals surface area contributed by atoms with E-state index in [0.717, 1.165) is 22.3 Å². The van der Waals surface area contributed by atoms with E-state index in [1.165, 1.54) is 12.1 Å². The van der Waals surface area contributed by atoms with Crippen molar-refractivity contribution < 1.29 is 19.8 Å². The number of carboxylic acid groups (broad SMARTS) is 1. The van der Waals surface area contributed by atoms with Crippen molar-refractivity contribution in [2.75, 3.05) is 0 Å². The van der Waals surface area contributed by atoms with E-state index in [0.29, 0.717) is 23.2 Å². The lowest BCUT2D eigenvalue weighted by atomic mass is 9.76. The number of phenolic OH excluding ortho intramolecular Hbond substituents is 1. The number of aromatic hydroxyl groups is 1. The average Bonchev–Trinajstić information content (AvgIpc) is 2.66. The Bertz CT molecular complexity index is 1200. The van der Waals surface area contributed by atoms with E-state index in [1.54, 1.807) is 42.5 Å². The number of benzene rings is 2. The second-order valence-corrected chi connectivity index (χ2v) is 6.63. The SMILES string of the molecule is O=C1C=CC2=C(c3ccc(N=C=S)cc3C(=O)O)c3ccc(O)cc3CC2=C1. The number of fused-ring (bicyclic) bond motifs is 2. The smallest absolute Gasteiger partial charge is 0.336 e. The van der Waals surface area contributed by atoms with Crippen LogP contribution in [-0.4, -0.2) is 27.1 Å². The van der Waals surface area contributed by atoms with Crippen molar-refractivity contribution in [1.82, 2.24) is 0 Å². The maximum absolute atomic E-state index is 12.0. The number of hydrogen-bond donors (Lipinski definition) is 2. The lowest BCUT2D eigenvalue weighted by Gasteiger charge is -2.27. The molecule has 0 amide bonds. The predicted molar refractivity (Wildman–Crippen MR) is 108 cm³/mol. The van der Waals surface area contributed by atoms with Crippen LogP contribution in [0.5, 0.6) is 5.75 Å². The minimum Gasteiger partial charge on any atom is -0.508 e. The standard InChI is InChI=1S/C22H13NO4S/c24-15-2-5-17-12(8-15)7-13-9-16(25)3-6-18(13)21(17)19-4-1-14(23-11-28)10-20(19)22(26)27/h1-6,8-10,24H,7H2,(H,26,27). The van der Waals surface area contributed by atoms with Crippen molar-refractivity contribution in [1.29, 1.82) is 0 Å². The van der Waals surface area contributed by atoms with Crippen molar-refractivity contribution in [3.8, 4) is 5.75 Å². The number of thiocarbonyl (C=S) groups is 1. The third-order valence-corrected chi connectivity index (χ3v) is 4.85. The number of allylic oxidation sites excluding steroid dienone is 5. The van der Waals surface area contributed by atoms with Crippen LogP contribution in [0.2, 0.25) is 0 Å². The summed E-state index contributed by atoms with van der Waals surface area (Å²) in [4.78, 5) is 27.7. The normalized spacial score (nSPS) is 14.7. The van der Waals surface area contributed by atoms with E-state index in [9.17, 15) is 19.8 Å². The first kappa shape index (κ1) is 17.8. The molecule has 0 aliphatic heterocycles. The van der Waals surface area contributed by atoms with Crippen LogP contribution in [0.1, 0.15) is 27.0 Å². The molecule has 2 aromatic carbocycles. The van der Waals surface area contributed by atoms with Crippen LogP contribution < -0.4 is 0 Å². The summed E-state index contributed by atoms with van der Waals surface area (Å²) in [6.07, 6.45) is 5.22. The van der Waals surface area contributed by atoms with Crippen molar-refractivity contribution >= 4 is 40.4 Å². The molecule has 0 atom stereocenters. The highest BCUT2D eigenvalue weighted by atomic mass is 32.1. The van der Waals surface area contributed by atoms with Gasteiger partial charge in [0.25, 0.3) is 0 Å². The third kappa shape index (κ3) is 3.01. The number of aromatic carboxylic acids is 1. The Balaban J connectivity index is 2.05. The topological polar surface area (TPSA) is 87.0 Å². The van der Waals surface area contributed by atoms with E-state index in [-0.39, 0.29) is 17.1 Å². The van der Waals surface area contributed by atoms with Crippen molar-refractivity contribution in [2.45, 2.75) is 6.42 Å². The molecule has 5 nitrogen and oxygen atoms in total. The van der Waals surface area contributed by atoms with Crippen LogP contribution in [0, 0.1) is 0 Å². The summed E-state index contributed by atoms with van der Waals surface area (Å²) in [6.45, 7) is 0. The fourth-order valence-electron chi connectivity index (χ4n) is 3.62. The molecule has 2 aliphatic rings. The van der Waals surface area contributed by atoms with E-state index in [1.807, 2.05) is 0 Å². The average molecular weight is 387 g/mol. The lowest BCUT2D eigenvalue weighted by Crippen LogP contribution is -2.14. The molecule has 0 bridgehead atoms. The second kappa shape index (κ2) is 6.85. The molecule has 136 valence electrons. The van der Waals surface area contributed by atoms with Crippen molar-refractivity contribution in [3.05, 3.63) is 88.0 Å². The van der Waals surface area contributed by atoms with Crippen molar-refractivity contribution in [2.24, 2.45) is 4.99 Å². The molecule has 6 heteroatoms. The monoisotopic (exact) mass is 387 g/mol. The molecule has 28 heavy (non-hydrogen) atoms. The number of carbonyl (C=O) groups is 2. The third-order valence-electron chi connectivity index (χ3n) is 4.76. The molecule has 0 saturated carbocycles. The Labute approximate surface area is 165 Å². The van der Waals surface area contributed by atoms with Crippen LogP contribution in [0.4, 0.5) is 5.69 Å². The summed E-state index contributed by atoms with van der Waals surface area (Å²) in [5.74, 6) is -1.11. The second-order valence-electron chi connectivity index (χ2n) is 6.45. The fourth-order valence-corrected chi connectivity index (χ4v) is 3.73. The first-order valence-electron chi connectivity index (χ1n) is 8.43. The molecule has 0 fully saturated rings. The Hall–Kier alpha value is -3.60. The minimum atomic E-state index is -1.10. The van der Waals surface area contributed by atoms with Crippen LogP contribution in [0.15, 0.2) is 70.8 Å². The first-order chi connectivity index (χ1) is 13.5. The first-order valence-corrected chi connectivity index (χ1v) is 8.84. The number of carbonyl (C=O) groups excluding carboxylic acids is 1. The molecule has 2 aromatic rings. The molecule has 0 unspecified atom stereocenters. The number of phenols is 1. The van der Waals surface area contributed by atoms with Gasteiger partial charge in [-0.05, 0) is 88.5 Å². The van der Waals surface area contributed by atoms with Crippen LogP contribution in [0.3, 0.4) is 0 Å². The molecule has 2 aliphatic carbocycles. The van der Waals surface area contributed by atoms with Gasteiger partial charge >= 0.3 is 5.97 Å². The van der Waals surface area contributed by atoms with Gasteiger partial charge in [0.2, 0.25) is 0 Å². The quantitative estimate of drug-likeness (QED) is 0.607. The summed E-state index contributed by atoms with van der Waals surface area (Å²) >= 11 is 4.61. The Morgan fingerprint density at radius 3 is 2.64 bits per heavy atom. The molecule has 4 rings (SSSR count). The number of hydrogen-bond acceptors (Lipinski definition) is 5. The molecular formula is C22H13NO4S. The minimum absolute atomic E-state index is 0.0691. The molecule has 0 aromatic heterocycles. The van der Waals surface area contributed by atoms with Gasteiger partial charge in [0, 0.05) is 0 Å². The highest BCUT2D eigenvalue weighted by Crippen LogP contribution is 2.42. The van der Waals surface area contributed by atoms with E-state index >= 15 is 0 Å². The number of aliphatic imine (C=N–C) groups is 1. The summed E-state index contributed by atoms with van der Waals surface area (Å²) in [7, 11) is 0. The van der Waals surface area contributed by atoms with Crippen molar-refractivity contribution in [3.63, 3.8) is 0 Å². The number of rotatable bonds is 3. The number of ketones is 1. The Morgan fingerprint density at radius 2 is 1.89 bits per heavy atom. The van der Waals surface area contributed by atoms with Gasteiger partial charge in [-0.1, -0.05) is 18.2 Å². The Morgan fingerprint density at radius 1 is 1.11 bits per heavy atom.